The van der Waals surface area contributed by atoms with E-state index in [1.807, 2.05) is 25.2 Å². The summed E-state index contributed by atoms with van der Waals surface area (Å²) in [6, 6.07) is 17.0. The number of nitrogens with one attached hydrogen (secondary N) is 1. The molecule has 1 atom stereocenters. The molecular weight excluding hydrogens is 400 g/mol. The zero-order valence-corrected chi connectivity index (χ0v) is 19.6. The van der Waals surface area contributed by atoms with Gasteiger partial charge in [0.15, 0.2) is 5.96 Å². The van der Waals surface area contributed by atoms with Crippen LogP contribution in [0.3, 0.4) is 0 Å². The second kappa shape index (κ2) is 12.2. The zero-order chi connectivity index (χ0) is 22.8. The number of hydrogen-bond acceptors (Lipinski definition) is 4. The molecule has 1 aliphatic rings. The molecule has 1 aromatic heterocycles. The number of hydrogen-bond donors (Lipinski definition) is 1. The van der Waals surface area contributed by atoms with Gasteiger partial charge in [0.1, 0.15) is 0 Å². The van der Waals surface area contributed by atoms with Crippen molar-refractivity contribution in [2.24, 2.45) is 4.99 Å². The van der Waals surface area contributed by atoms with Crippen molar-refractivity contribution in [2.45, 2.75) is 25.8 Å². The average Bonchev–Trinajstić information content (AvgIpc) is 2.85. The van der Waals surface area contributed by atoms with Crippen molar-refractivity contribution in [1.82, 2.24) is 25.0 Å². The maximum Gasteiger partial charge on any atom is 0.241 e. The molecule has 1 aliphatic heterocycles. The minimum Gasteiger partial charge on any atom is -0.347 e. The molecule has 7 nitrogen and oxygen atoms in total. The van der Waals surface area contributed by atoms with Gasteiger partial charge in [0.2, 0.25) is 5.91 Å². The monoisotopic (exact) mass is 436 g/mol. The van der Waals surface area contributed by atoms with Crippen LogP contribution in [-0.4, -0.2) is 84.9 Å². The largest absolute Gasteiger partial charge is 0.347 e. The molecule has 1 amide bonds. The standard InChI is InChI=1S/C25H36N6O/c1-4-23(21-10-6-5-7-11-21)30-16-18-31(19-17-30)25(26-2)28-20-24(32)29(3)15-13-22-12-8-9-14-27-22/h5-12,14,23H,4,13,15-20H2,1-3H3,(H,26,28). The maximum absolute atomic E-state index is 12.6. The molecule has 3 rings (SSSR count). The first-order chi connectivity index (χ1) is 15.6. The van der Waals surface area contributed by atoms with Crippen LogP contribution in [0.15, 0.2) is 59.7 Å². The van der Waals surface area contributed by atoms with E-state index < -0.39 is 0 Å². The second-order valence-corrected chi connectivity index (χ2v) is 8.14. The van der Waals surface area contributed by atoms with Gasteiger partial charge in [0.25, 0.3) is 0 Å². The van der Waals surface area contributed by atoms with E-state index in [9.17, 15) is 4.79 Å². The third-order valence-electron chi connectivity index (χ3n) is 6.09. The summed E-state index contributed by atoms with van der Waals surface area (Å²) in [5, 5.41) is 3.26. The van der Waals surface area contributed by atoms with E-state index >= 15 is 0 Å². The summed E-state index contributed by atoms with van der Waals surface area (Å²) in [5.74, 6) is 0.847. The molecule has 0 bridgehead atoms. The van der Waals surface area contributed by atoms with E-state index in [0.29, 0.717) is 12.6 Å². The Morgan fingerprint density at radius 3 is 2.47 bits per heavy atom. The number of pyridine rings is 1. The van der Waals surface area contributed by atoms with Crippen molar-refractivity contribution in [3.63, 3.8) is 0 Å². The van der Waals surface area contributed by atoms with Crippen molar-refractivity contribution in [3.8, 4) is 0 Å². The highest BCUT2D eigenvalue weighted by Crippen LogP contribution is 2.25. The highest BCUT2D eigenvalue weighted by Gasteiger charge is 2.25. The van der Waals surface area contributed by atoms with Crippen LogP contribution in [0.2, 0.25) is 0 Å². The topological polar surface area (TPSA) is 64.1 Å². The van der Waals surface area contributed by atoms with E-state index in [1.54, 1.807) is 18.1 Å². The van der Waals surface area contributed by atoms with Gasteiger partial charge in [-0.1, -0.05) is 43.3 Å². The lowest BCUT2D eigenvalue weighted by Gasteiger charge is -2.40. The lowest BCUT2D eigenvalue weighted by Crippen LogP contribution is -2.54. The Labute approximate surface area is 192 Å². The Morgan fingerprint density at radius 2 is 1.84 bits per heavy atom. The van der Waals surface area contributed by atoms with E-state index in [2.05, 4.69) is 62.3 Å². The molecule has 1 unspecified atom stereocenters. The van der Waals surface area contributed by atoms with E-state index in [0.717, 1.165) is 50.7 Å². The number of aliphatic imine (C=N–C) groups is 1. The Hall–Kier alpha value is -2.93. The number of piperazine rings is 1. The van der Waals surface area contributed by atoms with Crippen LogP contribution in [0.1, 0.15) is 30.6 Å². The Morgan fingerprint density at radius 1 is 1.12 bits per heavy atom. The maximum atomic E-state index is 12.6. The molecule has 7 heteroatoms. The second-order valence-electron chi connectivity index (χ2n) is 8.14. The summed E-state index contributed by atoms with van der Waals surface area (Å²) in [6.45, 7) is 6.89. The predicted molar refractivity (Wildman–Crippen MR) is 130 cm³/mol. The molecule has 32 heavy (non-hydrogen) atoms. The third kappa shape index (κ3) is 6.53. The smallest absolute Gasteiger partial charge is 0.241 e. The number of amides is 1. The van der Waals surface area contributed by atoms with Crippen LogP contribution in [-0.2, 0) is 11.2 Å². The molecule has 2 aromatic rings. The van der Waals surface area contributed by atoms with Crippen molar-refractivity contribution >= 4 is 11.9 Å². The van der Waals surface area contributed by atoms with E-state index in [1.165, 1.54) is 5.56 Å². The highest BCUT2D eigenvalue weighted by molar-refractivity contribution is 5.86. The zero-order valence-electron chi connectivity index (χ0n) is 19.6. The number of carbonyl (C=O) groups is 1. The fraction of sp³-hybridized carbons (Fsp3) is 0.480. The normalized spacial score (nSPS) is 16.0. The molecule has 1 aromatic carbocycles. The quantitative estimate of drug-likeness (QED) is 0.509. The van der Waals surface area contributed by atoms with E-state index in [4.69, 9.17) is 0 Å². The Bertz CT molecular complexity index is 849. The van der Waals surface area contributed by atoms with Crippen LogP contribution in [0.4, 0.5) is 0 Å². The Balaban J connectivity index is 1.44. The molecule has 172 valence electrons. The molecule has 1 saturated heterocycles. The summed E-state index contributed by atoms with van der Waals surface area (Å²) in [7, 11) is 3.62. The lowest BCUT2D eigenvalue weighted by atomic mass is 10.0. The van der Waals surface area contributed by atoms with Gasteiger partial charge in [-0.25, -0.2) is 0 Å². The van der Waals surface area contributed by atoms with Crippen LogP contribution in [0, 0.1) is 0 Å². The first kappa shape index (κ1) is 23.7. The van der Waals surface area contributed by atoms with Gasteiger partial charge in [0.05, 0.1) is 6.54 Å². The lowest BCUT2D eigenvalue weighted by molar-refractivity contribution is -0.128. The van der Waals surface area contributed by atoms with Crippen molar-refractivity contribution in [2.75, 3.05) is 53.4 Å². The van der Waals surface area contributed by atoms with Crippen LogP contribution < -0.4 is 5.32 Å². The molecule has 0 spiro atoms. The molecular formula is C25H36N6O. The van der Waals surface area contributed by atoms with Crippen LogP contribution >= 0.6 is 0 Å². The van der Waals surface area contributed by atoms with Crippen LogP contribution in [0.5, 0.6) is 0 Å². The number of rotatable bonds is 8. The van der Waals surface area contributed by atoms with Crippen LogP contribution in [0.25, 0.3) is 0 Å². The fourth-order valence-corrected chi connectivity index (χ4v) is 4.20. The summed E-state index contributed by atoms with van der Waals surface area (Å²) in [6.07, 6.45) is 3.63. The van der Waals surface area contributed by atoms with Gasteiger partial charge in [0, 0.05) is 71.2 Å². The molecule has 1 fully saturated rings. The first-order valence-corrected chi connectivity index (χ1v) is 11.5. The third-order valence-corrected chi connectivity index (χ3v) is 6.09. The number of guanidine groups is 1. The number of carbonyl (C=O) groups excluding carboxylic acids is 1. The summed E-state index contributed by atoms with van der Waals surface area (Å²) < 4.78 is 0. The predicted octanol–water partition coefficient (Wildman–Crippen LogP) is 2.43. The molecule has 0 radical (unpaired) electrons. The number of likely N-dealkylation sites (N-methyl/N-ethyl adjacent to an activating group) is 1. The highest BCUT2D eigenvalue weighted by atomic mass is 16.2. The van der Waals surface area contributed by atoms with Crippen molar-refractivity contribution < 1.29 is 4.79 Å². The van der Waals surface area contributed by atoms with E-state index in [-0.39, 0.29) is 12.5 Å². The number of aromatic nitrogens is 1. The minimum absolute atomic E-state index is 0.0517. The SMILES string of the molecule is CCC(c1ccccc1)N1CCN(C(=NC)NCC(=O)N(C)CCc2ccccn2)CC1. The number of nitrogens with zero attached hydrogens (tertiary/aromatic N) is 5. The van der Waals surface area contributed by atoms with Gasteiger partial charge in [-0.15, -0.1) is 0 Å². The van der Waals surface area contributed by atoms with Crippen molar-refractivity contribution in [1.29, 1.82) is 0 Å². The molecule has 2 heterocycles. The molecule has 0 saturated carbocycles. The van der Waals surface area contributed by atoms with Gasteiger partial charge < -0.3 is 15.1 Å². The minimum atomic E-state index is 0.0517. The van der Waals surface area contributed by atoms with Gasteiger partial charge in [-0.2, -0.15) is 0 Å². The average molecular weight is 437 g/mol. The Kier molecular flexibility index (Phi) is 9.04. The number of benzene rings is 1. The summed E-state index contributed by atoms with van der Waals surface area (Å²) in [4.78, 5) is 27.8. The summed E-state index contributed by atoms with van der Waals surface area (Å²) in [5.41, 5.74) is 2.37. The van der Waals surface area contributed by atoms with Crippen molar-refractivity contribution in [3.05, 3.63) is 66.0 Å². The molecule has 1 N–H and O–H groups in total. The fourth-order valence-electron chi connectivity index (χ4n) is 4.20. The van der Waals surface area contributed by atoms with Gasteiger partial charge >= 0.3 is 0 Å². The van der Waals surface area contributed by atoms with Gasteiger partial charge in [-0.3, -0.25) is 19.7 Å². The summed E-state index contributed by atoms with van der Waals surface area (Å²) >= 11 is 0. The molecule has 0 aliphatic carbocycles. The first-order valence-electron chi connectivity index (χ1n) is 11.5. The van der Waals surface area contributed by atoms with Gasteiger partial charge in [-0.05, 0) is 24.1 Å².